The Kier molecular flexibility index (Phi) is 10.3. The Balaban J connectivity index is 1.65. The van der Waals surface area contributed by atoms with Crippen molar-refractivity contribution in [1.82, 2.24) is 4.98 Å². The van der Waals surface area contributed by atoms with Crippen LogP contribution in [0.25, 0.3) is 0 Å². The van der Waals surface area contributed by atoms with Crippen molar-refractivity contribution < 1.29 is 23.8 Å². The van der Waals surface area contributed by atoms with Gasteiger partial charge in [0, 0.05) is 22.7 Å². The van der Waals surface area contributed by atoms with Crippen molar-refractivity contribution in [2.24, 2.45) is 0 Å². The summed E-state index contributed by atoms with van der Waals surface area (Å²) in [5.74, 6) is -0.444. The van der Waals surface area contributed by atoms with E-state index in [1.165, 1.54) is 11.3 Å². The molecule has 1 aromatic carbocycles. The van der Waals surface area contributed by atoms with E-state index in [4.69, 9.17) is 14.2 Å². The Morgan fingerprint density at radius 1 is 1.03 bits per heavy atom. The van der Waals surface area contributed by atoms with E-state index in [1.807, 2.05) is 59.7 Å². The van der Waals surface area contributed by atoms with Crippen LogP contribution >= 0.6 is 11.3 Å². The third-order valence-corrected chi connectivity index (χ3v) is 5.54. The average Bonchev–Trinajstić information content (AvgIpc) is 3.03. The van der Waals surface area contributed by atoms with E-state index in [0.717, 1.165) is 21.8 Å². The number of benzene rings is 1. The number of carbonyl (C=O) groups excluding carboxylic acids is 2. The van der Waals surface area contributed by atoms with Crippen LogP contribution in [0, 0.1) is 20.8 Å². The lowest BCUT2D eigenvalue weighted by Gasteiger charge is -2.19. The molecule has 0 radical (unpaired) electrons. The minimum absolute atomic E-state index is 0.176. The summed E-state index contributed by atoms with van der Waals surface area (Å²) < 4.78 is 16.2. The van der Waals surface area contributed by atoms with Crippen LogP contribution in [0.5, 0.6) is 0 Å². The first kappa shape index (κ1) is 26.8. The quantitative estimate of drug-likeness (QED) is 0.343. The molecule has 0 saturated heterocycles. The lowest BCUT2D eigenvalue weighted by Crippen LogP contribution is -2.24. The first-order valence-corrected chi connectivity index (χ1v) is 11.8. The largest absolute Gasteiger partial charge is 0.460 e. The molecule has 0 aliphatic rings. The van der Waals surface area contributed by atoms with Crippen LogP contribution in [-0.4, -0.2) is 55.4 Å². The highest BCUT2D eigenvalue weighted by molar-refractivity contribution is 7.15. The summed E-state index contributed by atoms with van der Waals surface area (Å²) in [6, 6.07) is 5.68. The third-order valence-electron chi connectivity index (χ3n) is 4.55. The number of amides is 1. The molecule has 2 aromatic rings. The first-order chi connectivity index (χ1) is 15.5. The predicted octanol–water partition coefficient (Wildman–Crippen LogP) is 4.50. The van der Waals surface area contributed by atoms with Crippen molar-refractivity contribution in [2.75, 3.05) is 43.6 Å². The van der Waals surface area contributed by atoms with Crippen LogP contribution in [0.3, 0.4) is 0 Å². The molecular weight excluding hydrogens is 442 g/mol. The SMILES string of the molecule is Cc1ccc(NCCOCCOCCC(=O)OC(C)(C)C)cc1C(=O)Nc1nc(C)c(C)s1. The molecule has 2 rings (SSSR count). The molecule has 182 valence electrons. The highest BCUT2D eigenvalue weighted by atomic mass is 32.1. The second-order valence-electron chi connectivity index (χ2n) is 8.63. The zero-order chi connectivity index (χ0) is 24.4. The summed E-state index contributed by atoms with van der Waals surface area (Å²) in [5, 5.41) is 6.75. The number of ether oxygens (including phenoxy) is 3. The van der Waals surface area contributed by atoms with Crippen molar-refractivity contribution in [3.63, 3.8) is 0 Å². The van der Waals surface area contributed by atoms with Crippen molar-refractivity contribution >= 4 is 34.0 Å². The van der Waals surface area contributed by atoms with Gasteiger partial charge in [-0.2, -0.15) is 0 Å². The smallest absolute Gasteiger partial charge is 0.308 e. The molecule has 0 atom stereocenters. The van der Waals surface area contributed by atoms with Gasteiger partial charge in [-0.05, 0) is 59.2 Å². The number of anilines is 2. The number of thiazole rings is 1. The van der Waals surface area contributed by atoms with E-state index in [1.54, 1.807) is 0 Å². The Labute approximate surface area is 200 Å². The van der Waals surface area contributed by atoms with Crippen molar-refractivity contribution in [3.05, 3.63) is 39.9 Å². The number of rotatable bonds is 12. The van der Waals surface area contributed by atoms with E-state index < -0.39 is 5.60 Å². The van der Waals surface area contributed by atoms with Gasteiger partial charge in [0.1, 0.15) is 5.60 Å². The normalized spacial score (nSPS) is 11.3. The van der Waals surface area contributed by atoms with Crippen LogP contribution in [0.1, 0.15) is 53.7 Å². The van der Waals surface area contributed by atoms with E-state index >= 15 is 0 Å². The van der Waals surface area contributed by atoms with Gasteiger partial charge in [-0.3, -0.25) is 14.9 Å². The lowest BCUT2D eigenvalue weighted by atomic mass is 10.1. The molecule has 33 heavy (non-hydrogen) atoms. The fourth-order valence-electron chi connectivity index (χ4n) is 2.80. The number of nitrogens with one attached hydrogen (secondary N) is 2. The molecular formula is C24H35N3O5S. The molecule has 2 N–H and O–H groups in total. The minimum Gasteiger partial charge on any atom is -0.460 e. The number of nitrogens with zero attached hydrogens (tertiary/aromatic N) is 1. The van der Waals surface area contributed by atoms with Crippen LogP contribution in [0.15, 0.2) is 18.2 Å². The van der Waals surface area contributed by atoms with Gasteiger partial charge in [0.2, 0.25) is 0 Å². The molecule has 0 unspecified atom stereocenters. The second-order valence-corrected chi connectivity index (χ2v) is 9.84. The summed E-state index contributed by atoms with van der Waals surface area (Å²) in [6.45, 7) is 13.6. The monoisotopic (exact) mass is 477 g/mol. The summed E-state index contributed by atoms with van der Waals surface area (Å²) in [6.07, 6.45) is 0.226. The van der Waals surface area contributed by atoms with Gasteiger partial charge in [-0.25, -0.2) is 4.98 Å². The van der Waals surface area contributed by atoms with Crippen LogP contribution in [-0.2, 0) is 19.0 Å². The fraction of sp³-hybridized carbons (Fsp3) is 0.542. The third kappa shape index (κ3) is 9.89. The summed E-state index contributed by atoms with van der Waals surface area (Å²) in [7, 11) is 0. The Bertz CT molecular complexity index is 917. The maximum absolute atomic E-state index is 12.7. The Morgan fingerprint density at radius 2 is 1.73 bits per heavy atom. The highest BCUT2D eigenvalue weighted by Crippen LogP contribution is 2.23. The maximum atomic E-state index is 12.7. The summed E-state index contributed by atoms with van der Waals surface area (Å²) >= 11 is 1.47. The molecule has 1 aromatic heterocycles. The van der Waals surface area contributed by atoms with Gasteiger partial charge in [-0.15, -0.1) is 11.3 Å². The predicted molar refractivity (Wildman–Crippen MR) is 131 cm³/mol. The molecule has 8 nitrogen and oxygen atoms in total. The van der Waals surface area contributed by atoms with Crippen molar-refractivity contribution in [2.45, 2.75) is 53.6 Å². The van der Waals surface area contributed by atoms with Gasteiger partial charge in [0.05, 0.1) is 38.5 Å². The highest BCUT2D eigenvalue weighted by Gasteiger charge is 2.16. The van der Waals surface area contributed by atoms with Gasteiger partial charge in [0.25, 0.3) is 5.91 Å². The average molecular weight is 478 g/mol. The molecule has 0 fully saturated rings. The molecule has 0 bridgehead atoms. The molecule has 0 aliphatic carbocycles. The van der Waals surface area contributed by atoms with E-state index in [9.17, 15) is 9.59 Å². The molecule has 1 amide bonds. The summed E-state index contributed by atoms with van der Waals surface area (Å²) in [4.78, 5) is 29.7. The fourth-order valence-corrected chi connectivity index (χ4v) is 3.61. The summed E-state index contributed by atoms with van der Waals surface area (Å²) in [5.41, 5.74) is 2.78. The van der Waals surface area contributed by atoms with Crippen LogP contribution in [0.4, 0.5) is 10.8 Å². The molecule has 0 spiro atoms. The van der Waals surface area contributed by atoms with Crippen LogP contribution in [0.2, 0.25) is 0 Å². The number of aryl methyl sites for hydroxylation is 3. The number of esters is 1. The van der Waals surface area contributed by atoms with Gasteiger partial charge in [-0.1, -0.05) is 6.07 Å². The Morgan fingerprint density at radius 3 is 2.36 bits per heavy atom. The number of aromatic nitrogens is 1. The molecule has 1 heterocycles. The number of hydrogen-bond acceptors (Lipinski definition) is 8. The maximum Gasteiger partial charge on any atom is 0.308 e. The van der Waals surface area contributed by atoms with Crippen molar-refractivity contribution in [1.29, 1.82) is 0 Å². The Hall–Kier alpha value is -2.49. The van der Waals surface area contributed by atoms with Crippen molar-refractivity contribution in [3.8, 4) is 0 Å². The zero-order valence-electron chi connectivity index (χ0n) is 20.4. The molecule has 0 aliphatic heterocycles. The second kappa shape index (κ2) is 12.7. The topological polar surface area (TPSA) is 98.8 Å². The zero-order valence-corrected chi connectivity index (χ0v) is 21.2. The first-order valence-electron chi connectivity index (χ1n) is 11.0. The van der Waals surface area contributed by atoms with Gasteiger partial charge >= 0.3 is 5.97 Å². The number of hydrogen-bond donors (Lipinski definition) is 2. The molecule has 9 heteroatoms. The van der Waals surface area contributed by atoms with E-state index in [2.05, 4.69) is 15.6 Å². The molecule has 0 saturated carbocycles. The van der Waals surface area contributed by atoms with Gasteiger partial charge in [0.15, 0.2) is 5.13 Å². The number of carbonyl (C=O) groups is 2. The van der Waals surface area contributed by atoms with Gasteiger partial charge < -0.3 is 19.5 Å². The lowest BCUT2D eigenvalue weighted by molar-refractivity contribution is -0.156. The van der Waals surface area contributed by atoms with E-state index in [0.29, 0.717) is 43.7 Å². The van der Waals surface area contributed by atoms with E-state index in [-0.39, 0.29) is 18.3 Å². The van der Waals surface area contributed by atoms with Crippen LogP contribution < -0.4 is 10.6 Å². The minimum atomic E-state index is -0.477. The standard InChI is InChI=1S/C24H35N3O5S/c1-16-7-8-19(15-20(16)22(29)27-23-26-17(2)18(3)33-23)25-10-12-31-14-13-30-11-9-21(28)32-24(4,5)6/h7-8,15,25H,9-14H2,1-6H3,(H,26,27,29).